The number of nitrogens with one attached hydrogen (secondary N) is 1. The van der Waals surface area contributed by atoms with Gasteiger partial charge in [-0.05, 0) is 30.5 Å². The molecule has 1 heterocycles. The van der Waals surface area contributed by atoms with Gasteiger partial charge in [0.25, 0.3) is 5.91 Å². The molecule has 0 aromatic carbocycles. The molecule has 0 fully saturated rings. The number of aliphatic carboxylic acids is 1. The van der Waals surface area contributed by atoms with E-state index in [0.717, 1.165) is 0 Å². The summed E-state index contributed by atoms with van der Waals surface area (Å²) in [5, 5.41) is 11.3. The first-order chi connectivity index (χ1) is 8.56. The summed E-state index contributed by atoms with van der Waals surface area (Å²) < 4.78 is 9.59. The van der Waals surface area contributed by atoms with Crippen LogP contribution in [0.4, 0.5) is 0 Å². The summed E-state index contributed by atoms with van der Waals surface area (Å²) in [6.07, 6.45) is 2.08. The van der Waals surface area contributed by atoms with E-state index in [-0.39, 0.29) is 17.2 Å². The van der Waals surface area contributed by atoms with Gasteiger partial charge < -0.3 is 19.6 Å². The van der Waals surface area contributed by atoms with Gasteiger partial charge >= 0.3 is 5.97 Å². The van der Waals surface area contributed by atoms with Crippen LogP contribution in [0.2, 0.25) is 5.22 Å². The van der Waals surface area contributed by atoms with E-state index in [4.69, 9.17) is 25.9 Å². The van der Waals surface area contributed by atoms with Crippen LogP contribution >= 0.6 is 11.6 Å². The van der Waals surface area contributed by atoms with E-state index < -0.39 is 17.9 Å². The summed E-state index contributed by atoms with van der Waals surface area (Å²) in [5.74, 6) is -1.67. The van der Waals surface area contributed by atoms with Crippen LogP contribution in [0.1, 0.15) is 23.2 Å². The van der Waals surface area contributed by atoms with E-state index in [2.05, 4.69) is 5.32 Å². The molecule has 7 heteroatoms. The Labute approximate surface area is 109 Å². The van der Waals surface area contributed by atoms with Gasteiger partial charge in [-0.3, -0.25) is 4.79 Å². The molecular weight excluding hydrogens is 262 g/mol. The number of rotatable bonds is 7. The van der Waals surface area contributed by atoms with Crippen molar-refractivity contribution in [2.45, 2.75) is 18.9 Å². The summed E-state index contributed by atoms with van der Waals surface area (Å²) >= 11 is 5.63. The molecule has 0 bridgehead atoms. The van der Waals surface area contributed by atoms with Crippen molar-refractivity contribution in [1.29, 1.82) is 0 Å². The zero-order valence-electron chi connectivity index (χ0n) is 9.81. The second-order valence-corrected chi connectivity index (χ2v) is 3.95. The van der Waals surface area contributed by atoms with Crippen LogP contribution in [0.25, 0.3) is 0 Å². The average Bonchev–Trinajstić information content (AvgIpc) is 2.74. The number of amides is 1. The molecule has 0 spiro atoms. The summed E-state index contributed by atoms with van der Waals surface area (Å²) in [6.45, 7) is 0.437. The van der Waals surface area contributed by atoms with Crippen LogP contribution in [-0.2, 0) is 9.53 Å². The molecule has 0 aliphatic rings. The minimum absolute atomic E-state index is 0.0615. The highest BCUT2D eigenvalue weighted by atomic mass is 35.5. The third-order valence-electron chi connectivity index (χ3n) is 2.31. The number of carboxylic acid groups (broad SMARTS) is 1. The predicted molar refractivity (Wildman–Crippen MR) is 63.7 cm³/mol. The molecule has 2 N–H and O–H groups in total. The molecule has 1 atom stereocenters. The van der Waals surface area contributed by atoms with Crippen molar-refractivity contribution >= 4 is 23.5 Å². The molecule has 1 unspecified atom stereocenters. The zero-order chi connectivity index (χ0) is 13.5. The van der Waals surface area contributed by atoms with Crippen molar-refractivity contribution in [2.75, 3.05) is 13.7 Å². The van der Waals surface area contributed by atoms with Gasteiger partial charge in [0.2, 0.25) is 5.22 Å². The topological polar surface area (TPSA) is 88.8 Å². The zero-order valence-corrected chi connectivity index (χ0v) is 10.6. The molecule has 6 nitrogen and oxygen atoms in total. The first kappa shape index (κ1) is 14.5. The lowest BCUT2D eigenvalue weighted by Crippen LogP contribution is -2.40. The van der Waals surface area contributed by atoms with Crippen molar-refractivity contribution in [2.24, 2.45) is 0 Å². The number of carbonyl (C=O) groups is 2. The number of ether oxygens (including phenoxy) is 1. The van der Waals surface area contributed by atoms with Crippen LogP contribution in [0.5, 0.6) is 0 Å². The van der Waals surface area contributed by atoms with E-state index in [1.54, 1.807) is 0 Å². The molecule has 0 saturated carbocycles. The molecule has 1 aromatic rings. The monoisotopic (exact) mass is 275 g/mol. The number of halogens is 1. The van der Waals surface area contributed by atoms with Crippen LogP contribution in [0.15, 0.2) is 16.7 Å². The maximum Gasteiger partial charge on any atom is 0.326 e. The first-order valence-corrected chi connectivity index (χ1v) is 5.69. The summed E-state index contributed by atoms with van der Waals surface area (Å²) in [7, 11) is 1.53. The average molecular weight is 276 g/mol. The Morgan fingerprint density at radius 1 is 1.61 bits per heavy atom. The fraction of sp³-hybridized carbons (Fsp3) is 0.455. The van der Waals surface area contributed by atoms with Gasteiger partial charge in [0, 0.05) is 13.7 Å². The SMILES string of the molecule is COCCCC(NC(=O)c1ccoc1Cl)C(=O)O. The Bertz CT molecular complexity index is 417. The van der Waals surface area contributed by atoms with Gasteiger partial charge in [-0.15, -0.1) is 0 Å². The van der Waals surface area contributed by atoms with Crippen LogP contribution in [-0.4, -0.2) is 36.7 Å². The van der Waals surface area contributed by atoms with Gasteiger partial charge in [0.1, 0.15) is 6.04 Å². The lowest BCUT2D eigenvalue weighted by Gasteiger charge is -2.13. The van der Waals surface area contributed by atoms with Crippen molar-refractivity contribution in [1.82, 2.24) is 5.32 Å². The fourth-order valence-corrected chi connectivity index (χ4v) is 1.58. The second-order valence-electron chi connectivity index (χ2n) is 3.61. The highest BCUT2D eigenvalue weighted by molar-refractivity contribution is 6.32. The van der Waals surface area contributed by atoms with Gasteiger partial charge in [-0.2, -0.15) is 0 Å². The van der Waals surface area contributed by atoms with Crippen molar-refractivity contribution in [3.05, 3.63) is 23.1 Å². The van der Waals surface area contributed by atoms with Crippen LogP contribution in [0, 0.1) is 0 Å². The summed E-state index contributed by atoms with van der Waals surface area (Å²) in [6, 6.07) is 0.407. The lowest BCUT2D eigenvalue weighted by atomic mass is 10.1. The number of hydrogen-bond donors (Lipinski definition) is 2. The Hall–Kier alpha value is -1.53. The minimum atomic E-state index is -1.10. The summed E-state index contributed by atoms with van der Waals surface area (Å²) in [5.41, 5.74) is 0.120. The molecule has 1 aromatic heterocycles. The minimum Gasteiger partial charge on any atom is -0.480 e. The fourth-order valence-electron chi connectivity index (χ4n) is 1.38. The Kier molecular flexibility index (Phi) is 5.67. The molecule has 18 heavy (non-hydrogen) atoms. The van der Waals surface area contributed by atoms with Gasteiger partial charge in [0.15, 0.2) is 0 Å². The van der Waals surface area contributed by atoms with E-state index in [0.29, 0.717) is 13.0 Å². The maximum absolute atomic E-state index is 11.7. The highest BCUT2D eigenvalue weighted by Gasteiger charge is 2.22. The standard InChI is InChI=1S/C11H14ClNO5/c1-17-5-2-3-8(11(15)16)13-10(14)7-4-6-18-9(7)12/h4,6,8H,2-3,5H2,1H3,(H,13,14)(H,15,16). The van der Waals surface area contributed by atoms with Gasteiger partial charge in [-0.25, -0.2) is 4.79 Å². The third-order valence-corrected chi connectivity index (χ3v) is 2.60. The molecule has 100 valence electrons. The second kappa shape index (κ2) is 7.03. The largest absolute Gasteiger partial charge is 0.480 e. The molecule has 0 radical (unpaired) electrons. The molecule has 0 saturated heterocycles. The molecule has 1 rings (SSSR count). The third kappa shape index (κ3) is 4.05. The van der Waals surface area contributed by atoms with Crippen LogP contribution in [0.3, 0.4) is 0 Å². The quantitative estimate of drug-likeness (QED) is 0.737. The smallest absolute Gasteiger partial charge is 0.326 e. The lowest BCUT2D eigenvalue weighted by molar-refractivity contribution is -0.139. The Balaban J connectivity index is 2.58. The first-order valence-electron chi connectivity index (χ1n) is 5.32. The maximum atomic E-state index is 11.7. The summed E-state index contributed by atoms with van der Waals surface area (Å²) in [4.78, 5) is 22.7. The highest BCUT2D eigenvalue weighted by Crippen LogP contribution is 2.16. The van der Waals surface area contributed by atoms with Gasteiger partial charge in [0.05, 0.1) is 11.8 Å². The van der Waals surface area contributed by atoms with E-state index in [9.17, 15) is 9.59 Å². The van der Waals surface area contributed by atoms with E-state index >= 15 is 0 Å². The number of carbonyl (C=O) groups excluding carboxylic acids is 1. The van der Waals surface area contributed by atoms with Crippen molar-refractivity contribution < 1.29 is 23.8 Å². The number of methoxy groups -OCH3 is 1. The van der Waals surface area contributed by atoms with Crippen molar-refractivity contribution in [3.63, 3.8) is 0 Å². The number of hydrogen-bond acceptors (Lipinski definition) is 4. The van der Waals surface area contributed by atoms with E-state index in [1.807, 2.05) is 0 Å². The molecule has 1 amide bonds. The Morgan fingerprint density at radius 2 is 2.33 bits per heavy atom. The Morgan fingerprint density at radius 3 is 2.83 bits per heavy atom. The van der Waals surface area contributed by atoms with Crippen LogP contribution < -0.4 is 5.32 Å². The molecule has 0 aliphatic heterocycles. The predicted octanol–water partition coefficient (Wildman–Crippen LogP) is 1.54. The number of furan rings is 1. The van der Waals surface area contributed by atoms with E-state index in [1.165, 1.54) is 19.4 Å². The normalized spacial score (nSPS) is 12.1. The molecule has 0 aliphatic carbocycles. The van der Waals surface area contributed by atoms with Gasteiger partial charge in [-0.1, -0.05) is 0 Å². The van der Waals surface area contributed by atoms with Crippen molar-refractivity contribution in [3.8, 4) is 0 Å². The molecular formula is C11H14ClNO5. The number of carboxylic acids is 1.